The van der Waals surface area contributed by atoms with Gasteiger partial charge in [0.25, 0.3) is 0 Å². The summed E-state index contributed by atoms with van der Waals surface area (Å²) in [6, 6.07) is 17.3. The number of benzene rings is 2. The molecule has 5 heteroatoms. The normalized spacial score (nSPS) is 11.1. The Morgan fingerprint density at radius 2 is 1.96 bits per heavy atom. The molecule has 0 atom stereocenters. The van der Waals surface area contributed by atoms with Gasteiger partial charge in [0, 0.05) is 16.0 Å². The number of rotatable bonds is 4. The number of halogens is 1. The zero-order chi connectivity index (χ0) is 16.9. The first-order valence-electron chi connectivity index (χ1n) is 7.18. The van der Waals surface area contributed by atoms with E-state index >= 15 is 0 Å². The van der Waals surface area contributed by atoms with Crippen LogP contribution in [-0.4, -0.2) is 12.1 Å². The molecule has 3 nitrogen and oxygen atoms in total. The first-order valence-corrected chi connectivity index (χ1v) is 8.43. The summed E-state index contributed by atoms with van der Waals surface area (Å²) in [5.74, 6) is 0.797. The van der Waals surface area contributed by atoms with Crippen LogP contribution in [0.2, 0.25) is 5.02 Å². The molecule has 0 amide bonds. The second kappa shape index (κ2) is 7.31. The third-order valence-corrected chi connectivity index (χ3v) is 4.67. The van der Waals surface area contributed by atoms with Gasteiger partial charge in [-0.1, -0.05) is 29.8 Å². The monoisotopic (exact) mass is 352 g/mol. The van der Waals surface area contributed by atoms with Crippen LogP contribution in [0.3, 0.4) is 0 Å². The quantitative estimate of drug-likeness (QED) is 0.579. The van der Waals surface area contributed by atoms with Crippen LogP contribution >= 0.6 is 22.9 Å². The molecule has 3 aromatic rings. The standard InChI is InChI=1S/C19H13ClN2OS/c1-23-16-8-6-13(7-9-16)18-12-24-19(22-18)15(11-21)10-14-4-2-3-5-17(14)20/h2-10,12H,1H3. The maximum Gasteiger partial charge on any atom is 0.134 e. The Morgan fingerprint density at radius 3 is 2.62 bits per heavy atom. The Hall–Kier alpha value is -2.61. The highest BCUT2D eigenvalue weighted by Gasteiger charge is 2.10. The molecule has 0 saturated carbocycles. The number of hydrogen-bond donors (Lipinski definition) is 0. The molecule has 0 fully saturated rings. The highest BCUT2D eigenvalue weighted by molar-refractivity contribution is 7.11. The van der Waals surface area contributed by atoms with Crippen molar-refractivity contribution < 1.29 is 4.74 Å². The Balaban J connectivity index is 1.93. The minimum atomic E-state index is 0.493. The summed E-state index contributed by atoms with van der Waals surface area (Å²) in [6.45, 7) is 0. The lowest BCUT2D eigenvalue weighted by Crippen LogP contribution is -1.85. The molecule has 0 aliphatic heterocycles. The number of nitrogens with zero attached hydrogens (tertiary/aromatic N) is 2. The Morgan fingerprint density at radius 1 is 1.21 bits per heavy atom. The Labute approximate surface area is 149 Å². The summed E-state index contributed by atoms with van der Waals surface area (Å²) >= 11 is 7.60. The molecule has 0 radical (unpaired) electrons. The van der Waals surface area contributed by atoms with Crippen LogP contribution in [0.15, 0.2) is 53.9 Å². The van der Waals surface area contributed by atoms with E-state index in [4.69, 9.17) is 16.3 Å². The number of nitriles is 1. The molecule has 1 aromatic heterocycles. The summed E-state index contributed by atoms with van der Waals surface area (Å²) in [5, 5.41) is 12.7. The van der Waals surface area contributed by atoms with Gasteiger partial charge < -0.3 is 4.74 Å². The fourth-order valence-corrected chi connectivity index (χ4v) is 3.17. The first-order chi connectivity index (χ1) is 11.7. The van der Waals surface area contributed by atoms with Gasteiger partial charge in [0.15, 0.2) is 0 Å². The lowest BCUT2D eigenvalue weighted by Gasteiger charge is -2.00. The van der Waals surface area contributed by atoms with Crippen molar-refractivity contribution in [3.8, 4) is 23.1 Å². The molecule has 0 saturated heterocycles. The fraction of sp³-hybridized carbons (Fsp3) is 0.0526. The zero-order valence-corrected chi connectivity index (χ0v) is 14.4. The van der Waals surface area contributed by atoms with Gasteiger partial charge in [-0.05, 0) is 42.0 Å². The highest BCUT2D eigenvalue weighted by Crippen LogP contribution is 2.29. The topological polar surface area (TPSA) is 45.9 Å². The molecule has 2 aromatic carbocycles. The average molecular weight is 353 g/mol. The van der Waals surface area contributed by atoms with E-state index in [2.05, 4.69) is 11.1 Å². The van der Waals surface area contributed by atoms with Crippen LogP contribution < -0.4 is 4.74 Å². The molecule has 24 heavy (non-hydrogen) atoms. The lowest BCUT2D eigenvalue weighted by atomic mass is 10.1. The molecule has 0 N–H and O–H groups in total. The summed E-state index contributed by atoms with van der Waals surface area (Å²) in [7, 11) is 1.63. The van der Waals surface area contributed by atoms with Crippen molar-refractivity contribution in [2.75, 3.05) is 7.11 Å². The molecule has 0 aliphatic carbocycles. The number of methoxy groups -OCH3 is 1. The van der Waals surface area contributed by atoms with E-state index in [0.717, 1.165) is 22.6 Å². The third kappa shape index (κ3) is 3.48. The van der Waals surface area contributed by atoms with Crippen LogP contribution in [0.5, 0.6) is 5.75 Å². The van der Waals surface area contributed by atoms with Crippen molar-refractivity contribution in [1.82, 2.24) is 4.98 Å². The van der Waals surface area contributed by atoms with Crippen molar-refractivity contribution in [3.63, 3.8) is 0 Å². The number of ether oxygens (including phenoxy) is 1. The van der Waals surface area contributed by atoms with Crippen LogP contribution in [-0.2, 0) is 0 Å². The van der Waals surface area contributed by atoms with Crippen LogP contribution in [0.25, 0.3) is 22.9 Å². The predicted molar refractivity (Wildman–Crippen MR) is 99.0 cm³/mol. The third-order valence-electron chi connectivity index (χ3n) is 3.45. The van der Waals surface area contributed by atoms with E-state index in [1.54, 1.807) is 19.3 Å². The summed E-state index contributed by atoms with van der Waals surface area (Å²) < 4.78 is 5.16. The lowest BCUT2D eigenvalue weighted by molar-refractivity contribution is 0.415. The number of thiazole rings is 1. The molecular weight excluding hydrogens is 340 g/mol. The molecule has 0 bridgehead atoms. The predicted octanol–water partition coefficient (Wildman–Crippen LogP) is 5.54. The molecule has 0 spiro atoms. The van der Waals surface area contributed by atoms with Gasteiger partial charge in [0.2, 0.25) is 0 Å². The van der Waals surface area contributed by atoms with Crippen molar-refractivity contribution in [2.45, 2.75) is 0 Å². The van der Waals surface area contributed by atoms with Gasteiger partial charge in [0.1, 0.15) is 16.8 Å². The number of aromatic nitrogens is 1. The minimum Gasteiger partial charge on any atom is -0.497 e. The first kappa shape index (κ1) is 16.3. The zero-order valence-electron chi connectivity index (χ0n) is 12.9. The van der Waals surface area contributed by atoms with E-state index in [-0.39, 0.29) is 0 Å². The smallest absolute Gasteiger partial charge is 0.134 e. The summed E-state index contributed by atoms with van der Waals surface area (Å²) in [4.78, 5) is 4.58. The van der Waals surface area contributed by atoms with Gasteiger partial charge in [-0.25, -0.2) is 4.98 Å². The second-order valence-corrected chi connectivity index (χ2v) is 6.22. The van der Waals surface area contributed by atoms with Gasteiger partial charge in [-0.3, -0.25) is 0 Å². The molecular formula is C19H13ClN2OS. The Kier molecular flexibility index (Phi) is 4.95. The second-order valence-electron chi connectivity index (χ2n) is 4.96. The molecule has 3 rings (SSSR count). The van der Waals surface area contributed by atoms with Crippen LogP contribution in [0, 0.1) is 11.3 Å². The van der Waals surface area contributed by atoms with E-state index < -0.39 is 0 Å². The summed E-state index contributed by atoms with van der Waals surface area (Å²) in [6.07, 6.45) is 1.76. The number of allylic oxidation sites excluding steroid dienone is 1. The van der Waals surface area contributed by atoms with Gasteiger partial charge in [-0.2, -0.15) is 5.26 Å². The Bertz CT molecular complexity index is 923. The maximum atomic E-state index is 9.47. The molecule has 0 aliphatic rings. The SMILES string of the molecule is COc1ccc(-c2csc(C(C#N)=Cc3ccccc3Cl)n2)cc1. The highest BCUT2D eigenvalue weighted by atomic mass is 35.5. The summed E-state index contributed by atoms with van der Waals surface area (Å²) in [5.41, 5.74) is 3.11. The molecule has 118 valence electrons. The molecule has 0 unspecified atom stereocenters. The van der Waals surface area contributed by atoms with Gasteiger partial charge in [-0.15, -0.1) is 11.3 Å². The van der Waals surface area contributed by atoms with Crippen LogP contribution in [0.4, 0.5) is 0 Å². The average Bonchev–Trinajstić information content (AvgIpc) is 3.11. The van der Waals surface area contributed by atoms with Crippen LogP contribution in [0.1, 0.15) is 10.6 Å². The largest absolute Gasteiger partial charge is 0.497 e. The van der Waals surface area contributed by atoms with Gasteiger partial charge >= 0.3 is 0 Å². The molecule has 1 heterocycles. The van der Waals surface area contributed by atoms with E-state index in [9.17, 15) is 5.26 Å². The van der Waals surface area contributed by atoms with E-state index in [1.807, 2.05) is 47.8 Å². The van der Waals surface area contributed by atoms with Crippen molar-refractivity contribution >= 4 is 34.6 Å². The van der Waals surface area contributed by atoms with E-state index in [0.29, 0.717) is 15.6 Å². The van der Waals surface area contributed by atoms with Gasteiger partial charge in [0.05, 0.1) is 18.4 Å². The maximum absolute atomic E-state index is 9.47. The fourth-order valence-electron chi connectivity index (χ4n) is 2.18. The van der Waals surface area contributed by atoms with Crippen molar-refractivity contribution in [2.24, 2.45) is 0 Å². The van der Waals surface area contributed by atoms with E-state index in [1.165, 1.54) is 11.3 Å². The van der Waals surface area contributed by atoms with Crippen molar-refractivity contribution in [1.29, 1.82) is 5.26 Å². The number of hydrogen-bond acceptors (Lipinski definition) is 4. The van der Waals surface area contributed by atoms with Crippen molar-refractivity contribution in [3.05, 3.63) is 69.5 Å². The minimum absolute atomic E-state index is 0.493.